The second kappa shape index (κ2) is 4.65. The Morgan fingerprint density at radius 1 is 1.29 bits per heavy atom. The monoisotopic (exact) mass is 269 g/mol. The van der Waals surface area contributed by atoms with Gasteiger partial charge in [-0.25, -0.2) is 9.97 Å². The molecule has 5 heteroatoms. The van der Waals surface area contributed by atoms with Crippen LogP contribution in [0.3, 0.4) is 0 Å². The van der Waals surface area contributed by atoms with Crippen molar-refractivity contribution >= 4 is 29.2 Å². The molecular weight excluding hydrogens is 254 g/mol. The molecule has 1 saturated carbocycles. The van der Waals surface area contributed by atoms with Gasteiger partial charge in [0, 0.05) is 23.9 Å². The van der Waals surface area contributed by atoms with Crippen LogP contribution >= 0.6 is 23.4 Å². The zero-order valence-corrected chi connectivity index (χ0v) is 11.5. The minimum atomic E-state index is 0.559. The molecule has 1 aromatic heterocycles. The Balaban J connectivity index is 1.91. The topological polar surface area (TPSA) is 29.0 Å². The molecule has 3 nitrogen and oxygen atoms in total. The third-order valence-corrected chi connectivity index (χ3v) is 4.64. The normalized spacial score (nSPS) is 24.0. The summed E-state index contributed by atoms with van der Waals surface area (Å²) in [6, 6.07) is 3.23. The first-order chi connectivity index (χ1) is 8.24. The highest BCUT2D eigenvalue weighted by molar-refractivity contribution is 7.99. The first-order valence-corrected chi connectivity index (χ1v) is 7.64. The van der Waals surface area contributed by atoms with Gasteiger partial charge >= 0.3 is 0 Å². The lowest BCUT2D eigenvalue weighted by Crippen LogP contribution is -2.38. The predicted octanol–water partition coefficient (Wildman–Crippen LogP) is 2.91. The maximum Gasteiger partial charge on any atom is 0.134 e. The quantitative estimate of drug-likeness (QED) is 0.789. The Labute approximate surface area is 111 Å². The summed E-state index contributed by atoms with van der Waals surface area (Å²) in [7, 11) is 0. The van der Waals surface area contributed by atoms with Gasteiger partial charge in [-0.05, 0) is 31.9 Å². The lowest BCUT2D eigenvalue weighted by molar-refractivity contribution is 0.630. The number of anilines is 1. The number of rotatable bonds is 3. The molecule has 1 saturated heterocycles. The van der Waals surface area contributed by atoms with Gasteiger partial charge in [0.05, 0.1) is 0 Å². The van der Waals surface area contributed by atoms with Gasteiger partial charge in [0.2, 0.25) is 0 Å². The Morgan fingerprint density at radius 3 is 2.71 bits per heavy atom. The van der Waals surface area contributed by atoms with Gasteiger partial charge in [0.25, 0.3) is 0 Å². The number of aromatic nitrogens is 2. The molecular formula is C12H16ClN3S. The van der Waals surface area contributed by atoms with E-state index in [0.717, 1.165) is 11.6 Å². The SMILES string of the molecule is Cc1nc(Cl)cc(N(C2CC2)[C@H]2CCSC2)n1. The molecule has 92 valence electrons. The van der Waals surface area contributed by atoms with E-state index >= 15 is 0 Å². The minimum absolute atomic E-state index is 0.559. The highest BCUT2D eigenvalue weighted by atomic mass is 35.5. The van der Waals surface area contributed by atoms with Crippen LogP contribution in [0.4, 0.5) is 5.82 Å². The van der Waals surface area contributed by atoms with Crippen LogP contribution < -0.4 is 4.90 Å². The Morgan fingerprint density at radius 2 is 2.12 bits per heavy atom. The van der Waals surface area contributed by atoms with Crippen molar-refractivity contribution in [2.75, 3.05) is 16.4 Å². The van der Waals surface area contributed by atoms with Gasteiger partial charge in [-0.2, -0.15) is 11.8 Å². The van der Waals surface area contributed by atoms with Gasteiger partial charge < -0.3 is 4.90 Å². The van der Waals surface area contributed by atoms with Crippen molar-refractivity contribution in [1.82, 2.24) is 9.97 Å². The maximum atomic E-state index is 6.04. The van der Waals surface area contributed by atoms with E-state index in [1.54, 1.807) is 0 Å². The summed E-state index contributed by atoms with van der Waals surface area (Å²) >= 11 is 8.08. The third kappa shape index (κ3) is 2.52. The van der Waals surface area contributed by atoms with Crippen molar-refractivity contribution in [1.29, 1.82) is 0 Å². The van der Waals surface area contributed by atoms with E-state index in [0.29, 0.717) is 17.2 Å². The smallest absolute Gasteiger partial charge is 0.134 e. The molecule has 17 heavy (non-hydrogen) atoms. The fraction of sp³-hybridized carbons (Fsp3) is 0.667. The summed E-state index contributed by atoms with van der Waals surface area (Å²) in [4.78, 5) is 11.2. The van der Waals surface area contributed by atoms with Crippen molar-refractivity contribution in [2.45, 2.75) is 38.3 Å². The van der Waals surface area contributed by atoms with Crippen LogP contribution in [0, 0.1) is 6.92 Å². The molecule has 1 atom stereocenters. The van der Waals surface area contributed by atoms with Crippen molar-refractivity contribution in [3.63, 3.8) is 0 Å². The average Bonchev–Trinajstić information content (AvgIpc) is 2.92. The maximum absolute atomic E-state index is 6.04. The van der Waals surface area contributed by atoms with Gasteiger partial charge in [-0.15, -0.1) is 0 Å². The van der Waals surface area contributed by atoms with Crippen LogP contribution in [0.2, 0.25) is 5.15 Å². The number of halogens is 1. The van der Waals surface area contributed by atoms with Gasteiger partial charge in [-0.1, -0.05) is 11.6 Å². The van der Waals surface area contributed by atoms with E-state index in [-0.39, 0.29) is 0 Å². The number of hydrogen-bond acceptors (Lipinski definition) is 4. The van der Waals surface area contributed by atoms with E-state index in [4.69, 9.17) is 11.6 Å². The molecule has 1 aliphatic carbocycles. The van der Waals surface area contributed by atoms with Gasteiger partial charge in [0.15, 0.2) is 0 Å². The molecule has 0 spiro atoms. The molecule has 0 aromatic carbocycles. The lowest BCUT2D eigenvalue weighted by Gasteiger charge is -2.29. The third-order valence-electron chi connectivity index (χ3n) is 3.30. The molecule has 1 aromatic rings. The van der Waals surface area contributed by atoms with E-state index in [1.807, 2.05) is 24.8 Å². The van der Waals surface area contributed by atoms with E-state index < -0.39 is 0 Å². The highest BCUT2D eigenvalue weighted by Crippen LogP contribution is 2.37. The minimum Gasteiger partial charge on any atom is -0.350 e. The first kappa shape index (κ1) is 11.6. The number of aryl methyl sites for hydroxylation is 1. The van der Waals surface area contributed by atoms with Gasteiger partial charge in [-0.3, -0.25) is 0 Å². The van der Waals surface area contributed by atoms with Crippen LogP contribution in [0.25, 0.3) is 0 Å². The zero-order valence-electron chi connectivity index (χ0n) is 9.90. The standard InChI is InChI=1S/C12H16ClN3S/c1-8-14-11(13)6-12(15-8)16(9-2-3-9)10-4-5-17-7-10/h6,9-10H,2-5,7H2,1H3/t10-/m0/s1. The van der Waals surface area contributed by atoms with Crippen molar-refractivity contribution < 1.29 is 0 Å². The molecule has 1 aliphatic heterocycles. The summed E-state index contributed by atoms with van der Waals surface area (Å²) in [5.41, 5.74) is 0. The number of thioether (sulfide) groups is 1. The van der Waals surface area contributed by atoms with Crippen molar-refractivity contribution in [3.8, 4) is 0 Å². The predicted molar refractivity (Wildman–Crippen MR) is 73.0 cm³/mol. The lowest BCUT2D eigenvalue weighted by atomic mass is 10.2. The number of nitrogens with zero attached hydrogens (tertiary/aromatic N) is 3. The molecule has 0 radical (unpaired) electrons. The number of hydrogen-bond donors (Lipinski definition) is 0. The molecule has 0 bridgehead atoms. The van der Waals surface area contributed by atoms with E-state index in [2.05, 4.69) is 14.9 Å². The molecule has 2 heterocycles. The summed E-state index contributed by atoms with van der Waals surface area (Å²) < 4.78 is 0. The zero-order chi connectivity index (χ0) is 11.8. The molecule has 2 aliphatic rings. The molecule has 0 amide bonds. The van der Waals surface area contributed by atoms with Crippen molar-refractivity contribution in [3.05, 3.63) is 17.0 Å². The first-order valence-electron chi connectivity index (χ1n) is 6.11. The second-order valence-corrected chi connectivity index (χ2v) is 6.29. The molecule has 0 unspecified atom stereocenters. The van der Waals surface area contributed by atoms with Crippen LogP contribution in [0.15, 0.2) is 6.07 Å². The van der Waals surface area contributed by atoms with Crippen molar-refractivity contribution in [2.24, 2.45) is 0 Å². The average molecular weight is 270 g/mol. The van der Waals surface area contributed by atoms with E-state index in [1.165, 1.54) is 30.8 Å². The van der Waals surface area contributed by atoms with Gasteiger partial charge in [0.1, 0.15) is 16.8 Å². The largest absolute Gasteiger partial charge is 0.350 e. The van der Waals surface area contributed by atoms with Crippen LogP contribution in [-0.2, 0) is 0 Å². The highest BCUT2D eigenvalue weighted by Gasteiger charge is 2.36. The van der Waals surface area contributed by atoms with Crippen LogP contribution in [0.1, 0.15) is 25.1 Å². The summed E-state index contributed by atoms with van der Waals surface area (Å²) in [6.07, 6.45) is 3.85. The van der Waals surface area contributed by atoms with E-state index in [9.17, 15) is 0 Å². The molecule has 0 N–H and O–H groups in total. The Bertz CT molecular complexity index is 396. The summed E-state index contributed by atoms with van der Waals surface area (Å²) in [5.74, 6) is 4.28. The fourth-order valence-corrected chi connectivity index (χ4v) is 3.84. The second-order valence-electron chi connectivity index (χ2n) is 4.75. The van der Waals surface area contributed by atoms with Crippen LogP contribution in [-0.4, -0.2) is 33.6 Å². The van der Waals surface area contributed by atoms with Crippen LogP contribution in [0.5, 0.6) is 0 Å². The Hall–Kier alpha value is -0.480. The molecule has 3 rings (SSSR count). The molecule has 2 fully saturated rings. The Kier molecular flexibility index (Phi) is 3.17. The fourth-order valence-electron chi connectivity index (χ4n) is 2.42. The summed E-state index contributed by atoms with van der Waals surface area (Å²) in [6.45, 7) is 1.91. The summed E-state index contributed by atoms with van der Waals surface area (Å²) in [5, 5.41) is 0.559.